The molecule has 9 nitrogen and oxygen atoms in total. The molecular formula is C20H21N3O6S. The van der Waals surface area contributed by atoms with Crippen molar-refractivity contribution in [3.8, 4) is 5.75 Å². The van der Waals surface area contributed by atoms with Crippen molar-refractivity contribution in [1.82, 2.24) is 4.72 Å². The number of amidine groups is 1. The number of benzene rings is 2. The largest absolute Gasteiger partial charge is 0.482 e. The summed E-state index contributed by atoms with van der Waals surface area (Å²) in [6, 6.07) is 12.1. The normalized spacial score (nSPS) is 16.3. The number of carbonyl (C=O) groups is 2. The summed E-state index contributed by atoms with van der Waals surface area (Å²) in [5.41, 5.74) is 0.868. The van der Waals surface area contributed by atoms with Crippen LogP contribution in [0.15, 0.2) is 58.4 Å². The number of hydrogen-bond donors (Lipinski definition) is 2. The van der Waals surface area contributed by atoms with Crippen molar-refractivity contribution >= 4 is 33.4 Å². The molecule has 3 rings (SSSR count). The molecule has 0 aromatic heterocycles. The number of fused-ring (bicyclic) bond motifs is 1. The van der Waals surface area contributed by atoms with Crippen molar-refractivity contribution in [2.24, 2.45) is 4.99 Å². The minimum Gasteiger partial charge on any atom is -0.482 e. The number of nitrogens with one attached hydrogen (secondary N) is 2. The maximum absolute atomic E-state index is 12.5. The Bertz CT molecular complexity index is 1100. The van der Waals surface area contributed by atoms with Crippen LogP contribution in [0, 0.1) is 0 Å². The third kappa shape index (κ3) is 4.95. The molecular weight excluding hydrogens is 410 g/mol. The van der Waals surface area contributed by atoms with Gasteiger partial charge in [0.1, 0.15) is 17.6 Å². The maximum atomic E-state index is 12.5. The number of carbonyl (C=O) groups excluding carboxylic acids is 2. The van der Waals surface area contributed by atoms with Crippen molar-refractivity contribution in [2.75, 3.05) is 18.5 Å². The first-order valence-corrected chi connectivity index (χ1v) is 10.7. The molecule has 0 saturated heterocycles. The second kappa shape index (κ2) is 8.95. The summed E-state index contributed by atoms with van der Waals surface area (Å²) in [6.45, 7) is 3.28. The minimum absolute atomic E-state index is 0.125. The molecule has 0 aliphatic carbocycles. The average Bonchev–Trinajstić information content (AvgIpc) is 2.97. The van der Waals surface area contributed by atoms with Gasteiger partial charge in [-0.3, -0.25) is 14.5 Å². The van der Waals surface area contributed by atoms with Crippen molar-refractivity contribution in [3.63, 3.8) is 0 Å². The predicted molar refractivity (Wildman–Crippen MR) is 110 cm³/mol. The van der Waals surface area contributed by atoms with Crippen molar-refractivity contribution in [2.45, 2.75) is 24.8 Å². The van der Waals surface area contributed by atoms with Gasteiger partial charge in [0.05, 0.1) is 11.5 Å². The lowest BCUT2D eigenvalue weighted by atomic mass is 10.2. The first-order valence-electron chi connectivity index (χ1n) is 9.19. The van der Waals surface area contributed by atoms with Crippen LogP contribution in [0.1, 0.15) is 19.4 Å². The number of hydrogen-bond acceptors (Lipinski definition) is 7. The van der Waals surface area contributed by atoms with E-state index < -0.39 is 27.9 Å². The summed E-state index contributed by atoms with van der Waals surface area (Å²) in [7, 11) is -3.68. The highest BCUT2D eigenvalue weighted by atomic mass is 32.2. The van der Waals surface area contributed by atoms with E-state index in [4.69, 9.17) is 9.47 Å². The van der Waals surface area contributed by atoms with E-state index in [2.05, 4.69) is 15.0 Å². The summed E-state index contributed by atoms with van der Waals surface area (Å²) in [4.78, 5) is 28.3. The third-order valence-electron chi connectivity index (χ3n) is 4.13. The highest BCUT2D eigenvalue weighted by Gasteiger charge is 2.31. The number of esters is 1. The molecule has 10 heteroatoms. The van der Waals surface area contributed by atoms with E-state index in [9.17, 15) is 18.0 Å². The maximum Gasteiger partial charge on any atom is 0.344 e. The zero-order chi connectivity index (χ0) is 21.7. The van der Waals surface area contributed by atoms with Gasteiger partial charge in [0.25, 0.3) is 10.0 Å². The molecule has 2 aromatic rings. The van der Waals surface area contributed by atoms with Crippen LogP contribution in [0.5, 0.6) is 5.75 Å². The molecule has 1 heterocycles. The Morgan fingerprint density at radius 1 is 1.17 bits per heavy atom. The molecule has 0 radical (unpaired) electrons. The third-order valence-corrected chi connectivity index (χ3v) is 5.53. The Hall–Kier alpha value is -3.40. The van der Waals surface area contributed by atoms with Crippen molar-refractivity contribution in [1.29, 1.82) is 0 Å². The highest BCUT2D eigenvalue weighted by Crippen LogP contribution is 2.23. The van der Waals surface area contributed by atoms with Crippen molar-refractivity contribution < 1.29 is 27.5 Å². The SMILES string of the molecule is CCOC(=O)COc1cccc(NC(=O)[C@H](C)N=C2NS(=O)(=O)c3ccccc32)c1. The molecule has 0 unspecified atom stereocenters. The highest BCUT2D eigenvalue weighted by molar-refractivity contribution is 7.90. The lowest BCUT2D eigenvalue weighted by Crippen LogP contribution is -2.28. The van der Waals surface area contributed by atoms with Crippen LogP contribution < -0.4 is 14.8 Å². The van der Waals surface area contributed by atoms with Gasteiger partial charge in [0, 0.05) is 17.3 Å². The number of nitrogens with zero attached hydrogens (tertiary/aromatic N) is 1. The van der Waals surface area contributed by atoms with Crippen LogP contribution in [0.4, 0.5) is 5.69 Å². The van der Waals surface area contributed by atoms with Crippen molar-refractivity contribution in [3.05, 3.63) is 54.1 Å². The number of anilines is 1. The second-order valence-electron chi connectivity index (χ2n) is 6.37. The van der Waals surface area contributed by atoms with Crippen LogP contribution in [0.2, 0.25) is 0 Å². The quantitative estimate of drug-likeness (QED) is 0.643. The average molecular weight is 431 g/mol. The molecule has 0 fully saturated rings. The predicted octanol–water partition coefficient (Wildman–Crippen LogP) is 1.69. The van der Waals surface area contributed by atoms with E-state index in [1.807, 2.05) is 0 Å². The Balaban J connectivity index is 1.68. The minimum atomic E-state index is -3.68. The van der Waals surface area contributed by atoms with Gasteiger partial charge >= 0.3 is 5.97 Å². The van der Waals surface area contributed by atoms with Crippen LogP contribution in [0.25, 0.3) is 0 Å². The monoisotopic (exact) mass is 431 g/mol. The summed E-state index contributed by atoms with van der Waals surface area (Å²) in [5.74, 6) is -0.415. The second-order valence-corrected chi connectivity index (χ2v) is 8.02. The van der Waals surface area contributed by atoms with E-state index in [1.165, 1.54) is 6.07 Å². The smallest absolute Gasteiger partial charge is 0.344 e. The van der Waals surface area contributed by atoms with Gasteiger partial charge in [-0.2, -0.15) is 0 Å². The molecule has 0 bridgehead atoms. The van der Waals surface area contributed by atoms with E-state index in [1.54, 1.807) is 56.3 Å². The van der Waals surface area contributed by atoms with Crippen LogP contribution in [0.3, 0.4) is 0 Å². The molecule has 1 aliphatic heterocycles. The molecule has 2 N–H and O–H groups in total. The zero-order valence-electron chi connectivity index (χ0n) is 16.4. The van der Waals surface area contributed by atoms with E-state index >= 15 is 0 Å². The number of amides is 1. The fourth-order valence-corrected chi connectivity index (χ4v) is 3.98. The van der Waals surface area contributed by atoms with E-state index in [-0.39, 0.29) is 23.9 Å². The van der Waals surface area contributed by atoms with Gasteiger partial charge in [-0.1, -0.05) is 18.2 Å². The summed E-state index contributed by atoms with van der Waals surface area (Å²) in [6.07, 6.45) is 0. The lowest BCUT2D eigenvalue weighted by molar-refractivity contribution is -0.145. The van der Waals surface area contributed by atoms with Gasteiger partial charge in [-0.15, -0.1) is 0 Å². The molecule has 2 aromatic carbocycles. The standard InChI is InChI=1S/C20H21N3O6S/c1-3-28-18(24)12-29-15-8-6-7-14(11-15)22-20(25)13(2)21-19-16-9-4-5-10-17(16)30(26,27)23-19/h4-11,13H,3,12H2,1-2H3,(H,21,23)(H,22,25)/t13-/m0/s1. The fraction of sp³-hybridized carbons (Fsp3) is 0.250. The van der Waals surface area contributed by atoms with Crippen LogP contribution in [-0.2, 0) is 24.3 Å². The van der Waals surface area contributed by atoms with Gasteiger partial charge in [-0.05, 0) is 38.1 Å². The zero-order valence-corrected chi connectivity index (χ0v) is 17.2. The molecule has 0 spiro atoms. The summed E-state index contributed by atoms with van der Waals surface area (Å²) < 4.78 is 36.8. The molecule has 30 heavy (non-hydrogen) atoms. The van der Waals surface area contributed by atoms with Gasteiger partial charge in [0.2, 0.25) is 5.91 Å². The Morgan fingerprint density at radius 3 is 2.70 bits per heavy atom. The van der Waals surface area contributed by atoms with Crippen LogP contribution >= 0.6 is 0 Å². The van der Waals surface area contributed by atoms with Gasteiger partial charge < -0.3 is 14.8 Å². The van der Waals surface area contributed by atoms with Gasteiger partial charge in [-0.25, -0.2) is 13.2 Å². The Labute approximate surface area is 174 Å². The number of rotatable bonds is 7. The number of aliphatic imine (C=N–C) groups is 1. The Morgan fingerprint density at radius 2 is 1.93 bits per heavy atom. The fourth-order valence-electron chi connectivity index (χ4n) is 2.74. The summed E-state index contributed by atoms with van der Waals surface area (Å²) in [5, 5.41) is 2.69. The molecule has 1 amide bonds. The number of ether oxygens (including phenoxy) is 2. The molecule has 1 aliphatic rings. The molecule has 1 atom stereocenters. The van der Waals surface area contributed by atoms with Crippen LogP contribution in [-0.4, -0.2) is 45.4 Å². The van der Waals surface area contributed by atoms with E-state index in [0.717, 1.165) is 0 Å². The number of sulfonamides is 1. The first kappa shape index (κ1) is 21.3. The molecule has 0 saturated carbocycles. The first-order chi connectivity index (χ1) is 14.3. The van der Waals surface area contributed by atoms with E-state index in [0.29, 0.717) is 17.0 Å². The van der Waals surface area contributed by atoms with Gasteiger partial charge in [0.15, 0.2) is 6.61 Å². The lowest BCUT2D eigenvalue weighted by Gasteiger charge is -2.11. The summed E-state index contributed by atoms with van der Waals surface area (Å²) >= 11 is 0. The Kier molecular flexibility index (Phi) is 6.36. The topological polar surface area (TPSA) is 123 Å². The molecule has 158 valence electrons.